The molecule has 1 atom stereocenters. The van der Waals surface area contributed by atoms with Gasteiger partial charge in [-0.1, -0.05) is 44.5 Å². The number of hydrogen-bond acceptors (Lipinski definition) is 3. The van der Waals surface area contributed by atoms with Gasteiger partial charge in [-0.2, -0.15) is 0 Å². The molecule has 96 valence electrons. The molecule has 0 heterocycles. The summed E-state index contributed by atoms with van der Waals surface area (Å²) in [5.74, 6) is 0. The molecule has 1 rings (SSSR count). The fraction of sp³-hybridized carbons (Fsp3) is 0.500. The van der Waals surface area contributed by atoms with Gasteiger partial charge in [0, 0.05) is 5.02 Å². The highest BCUT2D eigenvalue weighted by molar-refractivity contribution is 7.43. The third-order valence-corrected chi connectivity index (χ3v) is 3.56. The molecule has 0 radical (unpaired) electrons. The molecule has 0 saturated carbocycles. The predicted octanol–water partition coefficient (Wildman–Crippen LogP) is 3.59. The molecule has 2 N–H and O–H groups in total. The van der Waals surface area contributed by atoms with E-state index in [9.17, 15) is 4.89 Å². The first-order valence-electron chi connectivity index (χ1n) is 5.43. The van der Waals surface area contributed by atoms with Crippen LogP contribution in [-0.2, 0) is 16.5 Å². The number of halogens is 1. The largest absolute Gasteiger partial charge is 0.338 e. The maximum Gasteiger partial charge on any atom is 0.253 e. The van der Waals surface area contributed by atoms with Crippen molar-refractivity contribution in [2.75, 3.05) is 7.05 Å². The van der Waals surface area contributed by atoms with Crippen molar-refractivity contribution in [3.8, 4) is 0 Å². The van der Waals surface area contributed by atoms with Gasteiger partial charge < -0.3 is 9.42 Å². The topological polar surface area (TPSA) is 41.5 Å². The molecule has 0 aromatic heterocycles. The molecule has 0 saturated heterocycles. The molecule has 0 bridgehead atoms. The van der Waals surface area contributed by atoms with Crippen LogP contribution in [-0.4, -0.2) is 11.9 Å². The number of benzene rings is 1. The second kappa shape index (κ2) is 6.12. The van der Waals surface area contributed by atoms with Crippen molar-refractivity contribution >= 4 is 20.1 Å². The highest BCUT2D eigenvalue weighted by Gasteiger charge is 2.15. The maximum absolute atomic E-state index is 9.28. The monoisotopic (exact) mass is 275 g/mol. The van der Waals surface area contributed by atoms with Gasteiger partial charge >= 0.3 is 0 Å². The molecule has 3 nitrogen and oxygen atoms in total. The van der Waals surface area contributed by atoms with Crippen molar-refractivity contribution in [3.05, 3.63) is 34.3 Å². The Labute approximate surface area is 109 Å². The van der Waals surface area contributed by atoms with Crippen LogP contribution >= 0.6 is 20.1 Å². The molecule has 1 aromatic carbocycles. The Bertz CT molecular complexity index is 379. The molecule has 0 aliphatic carbocycles. The summed E-state index contributed by atoms with van der Waals surface area (Å²) >= 11 is 6.19. The average molecular weight is 276 g/mol. The number of hydrogen-bond donors (Lipinski definition) is 2. The van der Waals surface area contributed by atoms with Crippen LogP contribution in [0.5, 0.6) is 0 Å². The minimum Gasteiger partial charge on any atom is -0.338 e. The highest BCUT2D eigenvalue weighted by Crippen LogP contribution is 2.31. The summed E-state index contributed by atoms with van der Waals surface area (Å²) in [5, 5.41) is 3.32. The Morgan fingerprint density at radius 2 is 2.06 bits per heavy atom. The Morgan fingerprint density at radius 1 is 1.41 bits per heavy atom. The van der Waals surface area contributed by atoms with Gasteiger partial charge in [0.15, 0.2) is 0 Å². The fourth-order valence-corrected chi connectivity index (χ4v) is 1.95. The summed E-state index contributed by atoms with van der Waals surface area (Å²) in [6.07, 6.45) is 0. The van der Waals surface area contributed by atoms with E-state index in [1.165, 1.54) is 5.56 Å². The maximum atomic E-state index is 9.28. The zero-order valence-corrected chi connectivity index (χ0v) is 12.3. The summed E-state index contributed by atoms with van der Waals surface area (Å²) in [7, 11) is 0.0955. The number of nitrogens with one attached hydrogen (secondary N) is 1. The Balaban J connectivity index is 2.77. The Kier molecular flexibility index (Phi) is 5.36. The van der Waals surface area contributed by atoms with E-state index in [0.717, 1.165) is 5.56 Å². The average Bonchev–Trinajstić information content (AvgIpc) is 2.25. The Morgan fingerprint density at radius 3 is 2.53 bits per heavy atom. The van der Waals surface area contributed by atoms with Gasteiger partial charge in [0.2, 0.25) is 0 Å². The molecule has 1 aromatic rings. The molecular weight excluding hydrogens is 257 g/mol. The molecule has 0 aliphatic rings. The molecule has 0 amide bonds. The van der Waals surface area contributed by atoms with Crippen LogP contribution in [0, 0.1) is 0 Å². The molecule has 5 heteroatoms. The minimum atomic E-state index is -1.55. The SMILES string of the molecule is CNP(O)OCc1ccc(C(C)(C)C)cc1Cl. The van der Waals surface area contributed by atoms with E-state index in [1.807, 2.05) is 18.2 Å². The van der Waals surface area contributed by atoms with E-state index in [1.54, 1.807) is 7.05 Å². The first-order chi connectivity index (χ1) is 7.84. The van der Waals surface area contributed by atoms with E-state index in [2.05, 4.69) is 25.9 Å². The van der Waals surface area contributed by atoms with E-state index in [-0.39, 0.29) is 5.41 Å². The molecular formula is C12H19ClNO2P. The van der Waals surface area contributed by atoms with Crippen LogP contribution in [0.2, 0.25) is 5.02 Å². The lowest BCUT2D eigenvalue weighted by atomic mass is 9.87. The normalized spacial score (nSPS) is 13.8. The summed E-state index contributed by atoms with van der Waals surface area (Å²) in [4.78, 5) is 9.28. The van der Waals surface area contributed by atoms with Gasteiger partial charge in [0.05, 0.1) is 6.61 Å². The van der Waals surface area contributed by atoms with Crippen LogP contribution in [0.25, 0.3) is 0 Å². The zero-order chi connectivity index (χ0) is 13.1. The van der Waals surface area contributed by atoms with Gasteiger partial charge in [-0.15, -0.1) is 0 Å². The van der Waals surface area contributed by atoms with E-state index >= 15 is 0 Å². The lowest BCUT2D eigenvalue weighted by Gasteiger charge is -2.20. The second-order valence-electron chi connectivity index (χ2n) is 4.83. The van der Waals surface area contributed by atoms with Gasteiger partial charge in [0.1, 0.15) is 0 Å². The van der Waals surface area contributed by atoms with Crippen LogP contribution in [0.1, 0.15) is 31.9 Å². The molecule has 0 fully saturated rings. The van der Waals surface area contributed by atoms with Gasteiger partial charge in [-0.3, -0.25) is 5.09 Å². The van der Waals surface area contributed by atoms with Crippen LogP contribution in [0.15, 0.2) is 18.2 Å². The van der Waals surface area contributed by atoms with E-state index < -0.39 is 8.53 Å². The van der Waals surface area contributed by atoms with Crippen LogP contribution in [0.3, 0.4) is 0 Å². The summed E-state index contributed by atoms with van der Waals surface area (Å²) < 4.78 is 5.21. The number of rotatable bonds is 4. The summed E-state index contributed by atoms with van der Waals surface area (Å²) in [5.41, 5.74) is 2.15. The standard InChI is InChI=1S/C12H19ClNO2P/c1-12(2,3)10-6-5-9(11(13)7-10)8-16-17(15)14-4/h5-7,14-15H,8H2,1-4H3. The first kappa shape index (κ1) is 14.9. The van der Waals surface area contributed by atoms with E-state index in [4.69, 9.17) is 16.1 Å². The third kappa shape index (κ3) is 4.53. The summed E-state index contributed by atoms with van der Waals surface area (Å²) in [6, 6.07) is 5.95. The first-order valence-corrected chi connectivity index (χ1v) is 7.02. The molecule has 1 unspecified atom stereocenters. The van der Waals surface area contributed by atoms with Crippen molar-refractivity contribution in [1.82, 2.24) is 5.09 Å². The van der Waals surface area contributed by atoms with Crippen LogP contribution in [0.4, 0.5) is 0 Å². The van der Waals surface area contributed by atoms with Crippen LogP contribution < -0.4 is 5.09 Å². The predicted molar refractivity (Wildman–Crippen MR) is 73.1 cm³/mol. The zero-order valence-electron chi connectivity index (χ0n) is 10.6. The fourth-order valence-electron chi connectivity index (χ4n) is 1.33. The highest BCUT2D eigenvalue weighted by atomic mass is 35.5. The van der Waals surface area contributed by atoms with Gasteiger partial charge in [-0.25, -0.2) is 0 Å². The van der Waals surface area contributed by atoms with Gasteiger partial charge in [0.25, 0.3) is 8.53 Å². The van der Waals surface area contributed by atoms with Gasteiger partial charge in [-0.05, 0) is 29.7 Å². The summed E-state index contributed by atoms with van der Waals surface area (Å²) in [6.45, 7) is 6.74. The quantitative estimate of drug-likeness (QED) is 0.825. The van der Waals surface area contributed by atoms with Crippen molar-refractivity contribution in [3.63, 3.8) is 0 Å². The lowest BCUT2D eigenvalue weighted by molar-refractivity contribution is 0.293. The second-order valence-corrected chi connectivity index (χ2v) is 6.48. The van der Waals surface area contributed by atoms with E-state index in [0.29, 0.717) is 11.6 Å². The minimum absolute atomic E-state index is 0.0810. The lowest BCUT2D eigenvalue weighted by Crippen LogP contribution is -2.11. The van der Waals surface area contributed by atoms with Crippen molar-refractivity contribution in [2.45, 2.75) is 32.8 Å². The van der Waals surface area contributed by atoms with Crippen molar-refractivity contribution in [1.29, 1.82) is 0 Å². The van der Waals surface area contributed by atoms with Crippen molar-refractivity contribution in [2.24, 2.45) is 0 Å². The third-order valence-electron chi connectivity index (χ3n) is 2.45. The van der Waals surface area contributed by atoms with Crippen molar-refractivity contribution < 1.29 is 9.42 Å². The molecule has 17 heavy (non-hydrogen) atoms. The smallest absolute Gasteiger partial charge is 0.253 e. The Hall–Kier alpha value is -0.180. The molecule has 0 aliphatic heterocycles. The molecule has 0 spiro atoms.